The Kier molecular flexibility index (Phi) is 9.59. The van der Waals surface area contributed by atoms with Gasteiger partial charge in [-0.3, -0.25) is 4.90 Å². The molecule has 174 valence electrons. The quantitative estimate of drug-likeness (QED) is 0.604. The number of hydrogen-bond donors (Lipinski definition) is 1. The summed E-state index contributed by atoms with van der Waals surface area (Å²) < 4.78 is 15.7. The lowest BCUT2D eigenvalue weighted by Crippen LogP contribution is -2.53. The van der Waals surface area contributed by atoms with Crippen LogP contribution < -0.4 is 10.1 Å². The maximum Gasteiger partial charge on any atom is 0.338 e. The van der Waals surface area contributed by atoms with Crippen LogP contribution in [0.15, 0.2) is 18.2 Å². The highest BCUT2D eigenvalue weighted by Gasteiger charge is 2.37. The molecule has 8 heteroatoms. The molecule has 1 aromatic carbocycles. The third-order valence-electron chi connectivity index (χ3n) is 6.23. The van der Waals surface area contributed by atoms with E-state index in [1.807, 2.05) is 0 Å². The van der Waals surface area contributed by atoms with E-state index in [2.05, 4.69) is 24.1 Å². The lowest BCUT2D eigenvalue weighted by molar-refractivity contribution is -0.00707. The Hall–Kier alpha value is -1.83. The number of ether oxygens (including phenoxy) is 3. The molecule has 1 saturated heterocycles. The summed E-state index contributed by atoms with van der Waals surface area (Å²) in [5.41, 5.74) is 0.337. The number of hydrogen-bond acceptors (Lipinski definition) is 7. The molecule has 0 atom stereocenters. The van der Waals surface area contributed by atoms with Gasteiger partial charge in [-0.25, -0.2) is 9.59 Å². The number of methoxy groups -OCH3 is 2. The highest BCUT2D eigenvalue weighted by molar-refractivity contribution is 6.03. The molecular weight excluding hydrogens is 420 g/mol. The smallest absolute Gasteiger partial charge is 0.338 e. The van der Waals surface area contributed by atoms with Gasteiger partial charge in [0.15, 0.2) is 0 Å². The van der Waals surface area contributed by atoms with E-state index < -0.39 is 11.9 Å². The van der Waals surface area contributed by atoms with Gasteiger partial charge in [-0.2, -0.15) is 0 Å². The van der Waals surface area contributed by atoms with E-state index in [-0.39, 0.29) is 29.6 Å². The van der Waals surface area contributed by atoms with Gasteiger partial charge in [-0.05, 0) is 63.9 Å². The molecular formula is C23H35ClN2O5. The summed E-state index contributed by atoms with van der Waals surface area (Å²) in [7, 11) is 2.57. The Bertz CT molecular complexity index is 745. The van der Waals surface area contributed by atoms with E-state index in [1.165, 1.54) is 27.1 Å². The molecule has 1 aromatic rings. The van der Waals surface area contributed by atoms with Crippen molar-refractivity contribution in [3.8, 4) is 5.75 Å². The van der Waals surface area contributed by atoms with Gasteiger partial charge in [-0.1, -0.05) is 0 Å². The molecule has 0 aromatic heterocycles. The van der Waals surface area contributed by atoms with Crippen LogP contribution in [-0.4, -0.2) is 68.9 Å². The zero-order valence-corrected chi connectivity index (χ0v) is 19.7. The summed E-state index contributed by atoms with van der Waals surface area (Å²) in [6.45, 7) is 7.93. The molecule has 2 fully saturated rings. The van der Waals surface area contributed by atoms with Crippen LogP contribution in [0.3, 0.4) is 0 Å². The van der Waals surface area contributed by atoms with Gasteiger partial charge in [-0.15, -0.1) is 12.4 Å². The van der Waals surface area contributed by atoms with Crippen molar-refractivity contribution in [3.63, 3.8) is 0 Å². The van der Waals surface area contributed by atoms with Gasteiger partial charge >= 0.3 is 11.9 Å². The van der Waals surface area contributed by atoms with Crippen LogP contribution in [0.4, 0.5) is 0 Å². The van der Waals surface area contributed by atoms with Crippen LogP contribution in [0.1, 0.15) is 60.2 Å². The monoisotopic (exact) mass is 454 g/mol. The minimum absolute atomic E-state index is 0. The van der Waals surface area contributed by atoms with Crippen molar-refractivity contribution < 1.29 is 23.8 Å². The summed E-state index contributed by atoms with van der Waals surface area (Å²) in [5, 5.41) is 3.44. The average Bonchev–Trinajstić information content (AvgIpc) is 2.74. The van der Waals surface area contributed by atoms with Gasteiger partial charge in [0, 0.05) is 31.5 Å². The van der Waals surface area contributed by atoms with E-state index in [4.69, 9.17) is 14.2 Å². The minimum Gasteiger partial charge on any atom is -0.490 e. The fourth-order valence-corrected chi connectivity index (χ4v) is 4.40. The van der Waals surface area contributed by atoms with Crippen LogP contribution >= 0.6 is 12.4 Å². The van der Waals surface area contributed by atoms with Crippen LogP contribution in [-0.2, 0) is 9.47 Å². The molecule has 1 saturated carbocycles. The number of halogens is 1. The molecule has 1 aliphatic carbocycles. The predicted octanol–water partition coefficient (Wildman–Crippen LogP) is 3.30. The molecule has 1 N–H and O–H groups in total. The number of carbonyl (C=O) groups excluding carboxylic acids is 2. The lowest BCUT2D eigenvalue weighted by atomic mass is 9.85. The predicted molar refractivity (Wildman–Crippen MR) is 121 cm³/mol. The van der Waals surface area contributed by atoms with E-state index in [0.29, 0.717) is 17.8 Å². The SMILES string of the molecule is COC(=O)c1ccc(OC2CC(N(CC3CCNCC3)C(C)C)C2)cc1C(=O)OC.Cl. The molecule has 0 amide bonds. The van der Waals surface area contributed by atoms with E-state index in [1.54, 1.807) is 18.2 Å². The van der Waals surface area contributed by atoms with Gasteiger partial charge in [0.1, 0.15) is 11.9 Å². The number of esters is 2. The van der Waals surface area contributed by atoms with Gasteiger partial charge in [0.25, 0.3) is 0 Å². The summed E-state index contributed by atoms with van der Waals surface area (Å²) >= 11 is 0. The van der Waals surface area contributed by atoms with Crippen LogP contribution in [0, 0.1) is 5.92 Å². The first-order valence-corrected chi connectivity index (χ1v) is 10.9. The molecule has 31 heavy (non-hydrogen) atoms. The van der Waals surface area contributed by atoms with E-state index in [9.17, 15) is 9.59 Å². The molecule has 1 aliphatic heterocycles. The summed E-state index contributed by atoms with van der Waals surface area (Å²) in [4.78, 5) is 26.6. The number of carbonyl (C=O) groups is 2. The number of nitrogens with zero attached hydrogens (tertiary/aromatic N) is 1. The molecule has 0 radical (unpaired) electrons. The fourth-order valence-electron chi connectivity index (χ4n) is 4.40. The summed E-state index contributed by atoms with van der Waals surface area (Å²) in [6, 6.07) is 5.87. The van der Waals surface area contributed by atoms with Gasteiger partial charge in [0.2, 0.25) is 0 Å². The lowest BCUT2D eigenvalue weighted by Gasteiger charge is -2.46. The van der Waals surface area contributed by atoms with Crippen LogP contribution in [0.2, 0.25) is 0 Å². The van der Waals surface area contributed by atoms with Gasteiger partial charge in [0.05, 0.1) is 25.3 Å². The number of nitrogens with one attached hydrogen (secondary N) is 1. The summed E-state index contributed by atoms with van der Waals surface area (Å²) in [6.07, 6.45) is 4.54. The highest BCUT2D eigenvalue weighted by Crippen LogP contribution is 2.33. The first-order chi connectivity index (χ1) is 14.4. The average molecular weight is 455 g/mol. The number of rotatable bonds is 8. The highest BCUT2D eigenvalue weighted by atomic mass is 35.5. The Morgan fingerprint density at radius 2 is 1.68 bits per heavy atom. The molecule has 2 aliphatic rings. The third kappa shape index (κ3) is 6.34. The van der Waals surface area contributed by atoms with Gasteiger partial charge < -0.3 is 19.5 Å². The minimum atomic E-state index is -0.583. The topological polar surface area (TPSA) is 77.1 Å². The van der Waals surface area contributed by atoms with Crippen molar-refractivity contribution in [2.75, 3.05) is 33.9 Å². The Morgan fingerprint density at radius 3 is 2.26 bits per heavy atom. The Labute approximate surface area is 191 Å². The molecule has 0 bridgehead atoms. The molecule has 0 unspecified atom stereocenters. The first-order valence-electron chi connectivity index (χ1n) is 10.9. The molecule has 0 spiro atoms. The van der Waals surface area contributed by atoms with Crippen molar-refractivity contribution in [1.29, 1.82) is 0 Å². The maximum absolute atomic E-state index is 12.1. The Balaban J connectivity index is 0.00000341. The molecule has 1 heterocycles. The first kappa shape index (κ1) is 25.4. The second-order valence-electron chi connectivity index (χ2n) is 8.54. The van der Waals surface area contributed by atoms with Crippen LogP contribution in [0.25, 0.3) is 0 Å². The molecule has 3 rings (SSSR count). The summed E-state index contributed by atoms with van der Waals surface area (Å²) in [5.74, 6) is 0.180. The Morgan fingerprint density at radius 1 is 1.06 bits per heavy atom. The van der Waals surface area contributed by atoms with Crippen LogP contribution in [0.5, 0.6) is 5.75 Å². The van der Waals surface area contributed by atoms with Crippen molar-refractivity contribution in [1.82, 2.24) is 10.2 Å². The third-order valence-corrected chi connectivity index (χ3v) is 6.23. The van der Waals surface area contributed by atoms with E-state index in [0.717, 1.165) is 38.4 Å². The zero-order chi connectivity index (χ0) is 21.7. The molecule has 7 nitrogen and oxygen atoms in total. The fraction of sp³-hybridized carbons (Fsp3) is 0.652. The zero-order valence-electron chi connectivity index (χ0n) is 18.9. The number of benzene rings is 1. The maximum atomic E-state index is 12.1. The van der Waals surface area contributed by atoms with Crippen molar-refractivity contribution >= 4 is 24.3 Å². The number of piperidine rings is 1. The van der Waals surface area contributed by atoms with E-state index >= 15 is 0 Å². The van der Waals surface area contributed by atoms with Crippen molar-refractivity contribution in [2.45, 2.75) is 57.7 Å². The second-order valence-corrected chi connectivity index (χ2v) is 8.54. The van der Waals surface area contributed by atoms with Crippen molar-refractivity contribution in [2.24, 2.45) is 5.92 Å². The second kappa shape index (κ2) is 11.7. The normalized spacial score (nSPS) is 21.2. The standard InChI is InChI=1S/C23H34N2O5.ClH/c1-15(2)25(14-16-7-9-24-10-8-16)17-11-19(12-17)30-18-5-6-20(22(26)28-3)21(13-18)23(27)29-4;/h5-6,13,15-17,19,24H,7-12,14H2,1-4H3;1H. The largest absolute Gasteiger partial charge is 0.490 e. The van der Waals surface area contributed by atoms with Crippen molar-refractivity contribution in [3.05, 3.63) is 29.3 Å².